The highest BCUT2D eigenvalue weighted by Crippen LogP contribution is 2.26. The van der Waals surface area contributed by atoms with Gasteiger partial charge >= 0.3 is 0 Å². The van der Waals surface area contributed by atoms with Gasteiger partial charge in [-0.15, -0.1) is 10.2 Å². The Morgan fingerprint density at radius 2 is 1.93 bits per heavy atom. The largest absolute Gasteiger partial charge is 0.382 e. The first-order valence-electron chi connectivity index (χ1n) is 4.22. The molecule has 1 heterocycles. The number of halogens is 2. The first-order valence-corrected chi connectivity index (χ1v) is 5.01. The van der Waals surface area contributed by atoms with Gasteiger partial charge in [-0.05, 0) is 40.2 Å². The average Bonchev–Trinajstić information content (AvgIpc) is 2.24. The second kappa shape index (κ2) is 3.94. The van der Waals surface area contributed by atoms with E-state index in [1.807, 2.05) is 0 Å². The summed E-state index contributed by atoms with van der Waals surface area (Å²) in [6.07, 6.45) is 0. The molecule has 0 amide bonds. The minimum atomic E-state index is -0.350. The lowest BCUT2D eigenvalue weighted by molar-refractivity contribution is 0.623. The van der Waals surface area contributed by atoms with Crippen molar-refractivity contribution in [3.8, 4) is 11.3 Å². The highest BCUT2D eigenvalue weighted by atomic mass is 79.9. The van der Waals surface area contributed by atoms with Crippen molar-refractivity contribution >= 4 is 21.7 Å². The van der Waals surface area contributed by atoms with Crippen LogP contribution in [0.15, 0.2) is 34.8 Å². The molecule has 3 nitrogen and oxygen atoms in total. The predicted molar refractivity (Wildman–Crippen MR) is 59.5 cm³/mol. The first kappa shape index (κ1) is 10.0. The fourth-order valence-corrected chi connectivity index (χ4v) is 1.55. The third-order valence-electron chi connectivity index (χ3n) is 1.91. The van der Waals surface area contributed by atoms with Gasteiger partial charge in [0.25, 0.3) is 0 Å². The van der Waals surface area contributed by atoms with E-state index in [-0.39, 0.29) is 5.82 Å². The SMILES string of the molecule is Nc1ccc(-c2cccc(Br)c2F)nn1. The Labute approximate surface area is 94.3 Å². The average molecular weight is 268 g/mol. The Balaban J connectivity index is 2.54. The van der Waals surface area contributed by atoms with Gasteiger partial charge in [0.05, 0.1) is 10.2 Å². The number of benzene rings is 1. The highest BCUT2D eigenvalue weighted by Gasteiger charge is 2.09. The van der Waals surface area contributed by atoms with E-state index in [0.29, 0.717) is 21.5 Å². The molecule has 1 aromatic carbocycles. The van der Waals surface area contributed by atoms with E-state index in [9.17, 15) is 4.39 Å². The molecule has 0 bridgehead atoms. The van der Waals surface area contributed by atoms with Crippen molar-refractivity contribution in [2.45, 2.75) is 0 Å². The van der Waals surface area contributed by atoms with Crippen LogP contribution in [0.1, 0.15) is 0 Å². The Morgan fingerprint density at radius 1 is 1.13 bits per heavy atom. The molecular weight excluding hydrogens is 261 g/mol. The van der Waals surface area contributed by atoms with Crippen LogP contribution in [0.3, 0.4) is 0 Å². The van der Waals surface area contributed by atoms with Crippen molar-refractivity contribution in [1.82, 2.24) is 10.2 Å². The van der Waals surface area contributed by atoms with Crippen LogP contribution in [0.5, 0.6) is 0 Å². The zero-order chi connectivity index (χ0) is 10.8. The lowest BCUT2D eigenvalue weighted by Crippen LogP contribution is -1.95. The molecule has 2 N–H and O–H groups in total. The van der Waals surface area contributed by atoms with E-state index in [2.05, 4.69) is 26.1 Å². The summed E-state index contributed by atoms with van der Waals surface area (Å²) < 4.78 is 14.0. The van der Waals surface area contributed by atoms with Crippen LogP contribution in [0, 0.1) is 5.82 Å². The molecular formula is C10H7BrFN3. The summed E-state index contributed by atoms with van der Waals surface area (Å²) >= 11 is 3.11. The smallest absolute Gasteiger partial charge is 0.146 e. The Morgan fingerprint density at radius 3 is 2.60 bits per heavy atom. The molecule has 0 aliphatic carbocycles. The van der Waals surface area contributed by atoms with Crippen molar-refractivity contribution in [1.29, 1.82) is 0 Å². The summed E-state index contributed by atoms with van der Waals surface area (Å²) in [7, 11) is 0. The minimum absolute atomic E-state index is 0.314. The number of aromatic nitrogens is 2. The van der Waals surface area contributed by atoms with Gasteiger partial charge in [-0.2, -0.15) is 0 Å². The number of nitrogens with zero attached hydrogens (tertiary/aromatic N) is 2. The fraction of sp³-hybridized carbons (Fsp3) is 0. The highest BCUT2D eigenvalue weighted by molar-refractivity contribution is 9.10. The van der Waals surface area contributed by atoms with Crippen LogP contribution < -0.4 is 5.73 Å². The normalized spacial score (nSPS) is 10.3. The van der Waals surface area contributed by atoms with Crippen molar-refractivity contribution in [3.05, 3.63) is 40.6 Å². The summed E-state index contributed by atoms with van der Waals surface area (Å²) in [6, 6.07) is 8.22. The van der Waals surface area contributed by atoms with Crippen LogP contribution in [-0.4, -0.2) is 10.2 Å². The zero-order valence-electron chi connectivity index (χ0n) is 7.61. The number of nitrogen functional groups attached to an aromatic ring is 1. The molecule has 5 heteroatoms. The van der Waals surface area contributed by atoms with Crippen molar-refractivity contribution in [3.63, 3.8) is 0 Å². The summed E-state index contributed by atoms with van der Waals surface area (Å²) in [5.74, 6) is -0.0364. The zero-order valence-corrected chi connectivity index (χ0v) is 9.20. The molecule has 15 heavy (non-hydrogen) atoms. The van der Waals surface area contributed by atoms with Crippen molar-refractivity contribution < 1.29 is 4.39 Å². The molecule has 0 saturated heterocycles. The number of hydrogen-bond donors (Lipinski definition) is 1. The maximum Gasteiger partial charge on any atom is 0.146 e. The minimum Gasteiger partial charge on any atom is -0.382 e. The van der Waals surface area contributed by atoms with Crippen molar-refractivity contribution in [2.24, 2.45) is 0 Å². The standard InChI is InChI=1S/C10H7BrFN3/c11-7-3-1-2-6(10(7)12)8-4-5-9(13)15-14-8/h1-5H,(H2,13,15). The maximum absolute atomic E-state index is 13.6. The van der Waals surface area contributed by atoms with Crippen LogP contribution >= 0.6 is 15.9 Å². The Bertz CT molecular complexity index is 485. The van der Waals surface area contributed by atoms with E-state index < -0.39 is 0 Å². The molecule has 0 spiro atoms. The topological polar surface area (TPSA) is 51.8 Å². The first-order chi connectivity index (χ1) is 7.18. The van der Waals surface area contributed by atoms with E-state index in [1.165, 1.54) is 0 Å². The van der Waals surface area contributed by atoms with Crippen LogP contribution in [-0.2, 0) is 0 Å². The molecule has 1 aromatic heterocycles. The monoisotopic (exact) mass is 267 g/mol. The van der Waals surface area contributed by atoms with Gasteiger partial charge in [-0.3, -0.25) is 0 Å². The second-order valence-electron chi connectivity index (χ2n) is 2.94. The van der Waals surface area contributed by atoms with Crippen molar-refractivity contribution in [2.75, 3.05) is 5.73 Å². The third kappa shape index (κ3) is 1.97. The van der Waals surface area contributed by atoms with Gasteiger partial charge in [-0.25, -0.2) is 4.39 Å². The van der Waals surface area contributed by atoms with Gasteiger partial charge < -0.3 is 5.73 Å². The molecule has 2 rings (SSSR count). The molecule has 0 unspecified atom stereocenters. The number of rotatable bonds is 1. The van der Waals surface area contributed by atoms with Crippen LogP contribution in [0.25, 0.3) is 11.3 Å². The molecule has 0 radical (unpaired) electrons. The number of nitrogens with two attached hydrogens (primary N) is 1. The van der Waals surface area contributed by atoms with Gasteiger partial charge in [0.1, 0.15) is 11.6 Å². The van der Waals surface area contributed by atoms with Crippen LogP contribution in [0.2, 0.25) is 0 Å². The maximum atomic E-state index is 13.6. The van der Waals surface area contributed by atoms with E-state index in [4.69, 9.17) is 5.73 Å². The Kier molecular flexibility index (Phi) is 2.64. The molecule has 2 aromatic rings. The van der Waals surface area contributed by atoms with E-state index >= 15 is 0 Å². The van der Waals surface area contributed by atoms with Gasteiger partial charge in [-0.1, -0.05) is 6.07 Å². The van der Waals surface area contributed by atoms with Gasteiger partial charge in [0.15, 0.2) is 0 Å². The lowest BCUT2D eigenvalue weighted by Gasteiger charge is -2.03. The quantitative estimate of drug-likeness (QED) is 0.864. The molecule has 0 aliphatic rings. The summed E-state index contributed by atoms with van der Waals surface area (Å²) in [5.41, 5.74) is 6.26. The van der Waals surface area contributed by atoms with E-state index in [1.54, 1.807) is 30.3 Å². The van der Waals surface area contributed by atoms with E-state index in [0.717, 1.165) is 0 Å². The molecule has 76 valence electrons. The molecule has 0 atom stereocenters. The number of anilines is 1. The summed E-state index contributed by atoms with van der Waals surface area (Å²) in [5, 5.41) is 7.49. The summed E-state index contributed by atoms with van der Waals surface area (Å²) in [6.45, 7) is 0. The van der Waals surface area contributed by atoms with Gasteiger partial charge in [0, 0.05) is 5.56 Å². The molecule has 0 saturated carbocycles. The molecule has 0 aliphatic heterocycles. The second-order valence-corrected chi connectivity index (χ2v) is 3.80. The van der Waals surface area contributed by atoms with Crippen LogP contribution in [0.4, 0.5) is 10.2 Å². The Hall–Kier alpha value is -1.49. The summed E-state index contributed by atoms with van der Waals surface area (Å²) in [4.78, 5) is 0. The fourth-order valence-electron chi connectivity index (χ4n) is 1.19. The lowest BCUT2D eigenvalue weighted by atomic mass is 10.1. The number of hydrogen-bond acceptors (Lipinski definition) is 3. The predicted octanol–water partition coefficient (Wildman–Crippen LogP) is 2.63. The van der Waals surface area contributed by atoms with Gasteiger partial charge in [0.2, 0.25) is 0 Å². The third-order valence-corrected chi connectivity index (χ3v) is 2.53. The molecule has 0 fully saturated rings.